The highest BCUT2D eigenvalue weighted by Crippen LogP contribution is 2.37. The molecule has 2 aliphatic rings. The standard InChI is InChI=1S/C15H19NO2/c17-15(18)9-13-8-12-6-1-2-7-14(12)16(13)10-11-4-3-5-11/h1-2,6-7,11,13H,3-5,8-10H2,(H,17,18). The topological polar surface area (TPSA) is 40.5 Å². The first-order valence-corrected chi connectivity index (χ1v) is 6.80. The normalized spacial score (nSPS) is 22.7. The van der Waals surface area contributed by atoms with Gasteiger partial charge in [-0.2, -0.15) is 0 Å². The van der Waals surface area contributed by atoms with Crippen LogP contribution in [0.1, 0.15) is 31.2 Å². The van der Waals surface area contributed by atoms with Crippen molar-refractivity contribution in [2.75, 3.05) is 11.4 Å². The van der Waals surface area contributed by atoms with Crippen LogP contribution in [0.15, 0.2) is 24.3 Å². The van der Waals surface area contributed by atoms with Crippen molar-refractivity contribution in [3.05, 3.63) is 29.8 Å². The van der Waals surface area contributed by atoms with Crippen LogP contribution < -0.4 is 4.90 Å². The molecule has 0 bridgehead atoms. The van der Waals surface area contributed by atoms with Crippen LogP contribution in [0.4, 0.5) is 5.69 Å². The molecule has 0 spiro atoms. The van der Waals surface area contributed by atoms with Gasteiger partial charge >= 0.3 is 5.97 Å². The number of rotatable bonds is 4. The average molecular weight is 245 g/mol. The van der Waals surface area contributed by atoms with Gasteiger partial charge in [-0.25, -0.2) is 0 Å². The summed E-state index contributed by atoms with van der Waals surface area (Å²) in [5.74, 6) is 0.0823. The summed E-state index contributed by atoms with van der Waals surface area (Å²) in [4.78, 5) is 13.3. The first kappa shape index (κ1) is 11.6. The van der Waals surface area contributed by atoms with Gasteiger partial charge in [0.05, 0.1) is 6.42 Å². The molecule has 3 heteroatoms. The van der Waals surface area contributed by atoms with E-state index in [1.165, 1.54) is 30.5 Å². The predicted molar refractivity (Wildman–Crippen MR) is 70.9 cm³/mol. The molecular formula is C15H19NO2. The Kier molecular flexibility index (Phi) is 2.98. The Bertz CT molecular complexity index is 454. The van der Waals surface area contributed by atoms with Gasteiger partial charge in [-0.1, -0.05) is 24.6 Å². The van der Waals surface area contributed by atoms with Crippen molar-refractivity contribution in [3.63, 3.8) is 0 Å². The Hall–Kier alpha value is -1.51. The lowest BCUT2D eigenvalue weighted by molar-refractivity contribution is -0.137. The van der Waals surface area contributed by atoms with Crippen LogP contribution in [-0.2, 0) is 11.2 Å². The third-order valence-electron chi connectivity index (χ3n) is 4.29. The molecule has 18 heavy (non-hydrogen) atoms. The molecule has 1 heterocycles. The maximum atomic E-state index is 11.0. The lowest BCUT2D eigenvalue weighted by Gasteiger charge is -2.35. The highest BCUT2D eigenvalue weighted by Gasteiger charge is 2.33. The van der Waals surface area contributed by atoms with Gasteiger partial charge in [-0.15, -0.1) is 0 Å². The summed E-state index contributed by atoms with van der Waals surface area (Å²) in [6.07, 6.45) is 5.08. The Morgan fingerprint density at radius 1 is 1.33 bits per heavy atom. The van der Waals surface area contributed by atoms with E-state index in [0.29, 0.717) is 0 Å². The Labute approximate surface area is 107 Å². The van der Waals surface area contributed by atoms with Gasteiger partial charge in [0, 0.05) is 18.3 Å². The van der Waals surface area contributed by atoms with Crippen LogP contribution in [0, 0.1) is 5.92 Å². The number of hydrogen-bond donors (Lipinski definition) is 1. The number of carboxylic acid groups (broad SMARTS) is 1. The second-order valence-corrected chi connectivity index (χ2v) is 5.53. The van der Waals surface area contributed by atoms with Crippen molar-refractivity contribution in [1.82, 2.24) is 0 Å². The minimum atomic E-state index is -0.689. The van der Waals surface area contributed by atoms with E-state index >= 15 is 0 Å². The molecule has 1 aromatic carbocycles. The molecular weight excluding hydrogens is 226 g/mol. The van der Waals surface area contributed by atoms with E-state index in [4.69, 9.17) is 5.11 Å². The zero-order chi connectivity index (χ0) is 12.5. The summed E-state index contributed by atoms with van der Waals surface area (Å²) < 4.78 is 0. The fourth-order valence-electron chi connectivity index (χ4n) is 3.11. The van der Waals surface area contributed by atoms with Crippen molar-refractivity contribution in [2.24, 2.45) is 5.92 Å². The van der Waals surface area contributed by atoms with Gasteiger partial charge in [-0.3, -0.25) is 4.79 Å². The van der Waals surface area contributed by atoms with E-state index < -0.39 is 5.97 Å². The molecule has 3 rings (SSSR count). The van der Waals surface area contributed by atoms with E-state index in [2.05, 4.69) is 23.1 Å². The summed E-state index contributed by atoms with van der Waals surface area (Å²) in [6, 6.07) is 8.51. The highest BCUT2D eigenvalue weighted by molar-refractivity contribution is 5.70. The first-order valence-electron chi connectivity index (χ1n) is 6.80. The molecule has 0 saturated heterocycles. The van der Waals surface area contributed by atoms with Gasteiger partial charge in [-0.05, 0) is 36.8 Å². The number of carbonyl (C=O) groups is 1. The first-order chi connectivity index (χ1) is 8.74. The maximum Gasteiger partial charge on any atom is 0.305 e. The largest absolute Gasteiger partial charge is 0.481 e. The van der Waals surface area contributed by atoms with E-state index in [0.717, 1.165) is 18.9 Å². The molecule has 0 amide bonds. The molecule has 1 aromatic rings. The molecule has 1 N–H and O–H groups in total. The van der Waals surface area contributed by atoms with Crippen molar-refractivity contribution in [3.8, 4) is 0 Å². The van der Waals surface area contributed by atoms with E-state index in [-0.39, 0.29) is 12.5 Å². The number of anilines is 1. The van der Waals surface area contributed by atoms with Crippen LogP contribution in [0.3, 0.4) is 0 Å². The van der Waals surface area contributed by atoms with Crippen LogP contribution in [0.5, 0.6) is 0 Å². The van der Waals surface area contributed by atoms with Crippen LogP contribution in [0.2, 0.25) is 0 Å². The summed E-state index contributed by atoms with van der Waals surface area (Å²) in [5, 5.41) is 9.05. The lowest BCUT2D eigenvalue weighted by Crippen LogP contribution is -2.39. The molecule has 1 fully saturated rings. The quantitative estimate of drug-likeness (QED) is 0.886. The van der Waals surface area contributed by atoms with Gasteiger partial charge in [0.1, 0.15) is 0 Å². The molecule has 0 aromatic heterocycles. The lowest BCUT2D eigenvalue weighted by atomic mass is 9.85. The van der Waals surface area contributed by atoms with Crippen molar-refractivity contribution in [1.29, 1.82) is 0 Å². The maximum absolute atomic E-state index is 11.0. The fourth-order valence-corrected chi connectivity index (χ4v) is 3.11. The van der Waals surface area contributed by atoms with E-state index in [1.807, 2.05) is 6.07 Å². The molecule has 96 valence electrons. The molecule has 1 atom stereocenters. The minimum absolute atomic E-state index is 0.153. The smallest absolute Gasteiger partial charge is 0.305 e. The second-order valence-electron chi connectivity index (χ2n) is 5.53. The number of hydrogen-bond acceptors (Lipinski definition) is 2. The Balaban J connectivity index is 1.81. The van der Waals surface area contributed by atoms with Crippen LogP contribution >= 0.6 is 0 Å². The number of para-hydroxylation sites is 1. The number of nitrogens with zero attached hydrogens (tertiary/aromatic N) is 1. The van der Waals surface area contributed by atoms with Crippen molar-refractivity contribution < 1.29 is 9.90 Å². The van der Waals surface area contributed by atoms with Crippen molar-refractivity contribution >= 4 is 11.7 Å². The third-order valence-corrected chi connectivity index (χ3v) is 4.29. The molecule has 1 saturated carbocycles. The molecule has 0 radical (unpaired) electrons. The predicted octanol–water partition coefficient (Wildman–Crippen LogP) is 2.69. The van der Waals surface area contributed by atoms with E-state index in [1.54, 1.807) is 0 Å². The molecule has 1 unspecified atom stereocenters. The third kappa shape index (κ3) is 2.09. The second kappa shape index (κ2) is 4.63. The minimum Gasteiger partial charge on any atom is -0.481 e. The number of carboxylic acids is 1. The summed E-state index contributed by atoms with van der Waals surface area (Å²) >= 11 is 0. The molecule has 3 nitrogen and oxygen atoms in total. The molecule has 1 aliphatic heterocycles. The van der Waals surface area contributed by atoms with Crippen LogP contribution in [0.25, 0.3) is 0 Å². The Morgan fingerprint density at radius 3 is 2.78 bits per heavy atom. The van der Waals surface area contributed by atoms with E-state index in [9.17, 15) is 4.79 Å². The number of benzene rings is 1. The van der Waals surface area contributed by atoms with Gasteiger partial charge in [0.2, 0.25) is 0 Å². The fraction of sp³-hybridized carbons (Fsp3) is 0.533. The van der Waals surface area contributed by atoms with Gasteiger partial charge in [0.25, 0.3) is 0 Å². The van der Waals surface area contributed by atoms with Gasteiger partial charge in [0.15, 0.2) is 0 Å². The number of aliphatic carboxylic acids is 1. The highest BCUT2D eigenvalue weighted by atomic mass is 16.4. The number of fused-ring (bicyclic) bond motifs is 1. The Morgan fingerprint density at radius 2 is 2.11 bits per heavy atom. The zero-order valence-corrected chi connectivity index (χ0v) is 10.5. The zero-order valence-electron chi connectivity index (χ0n) is 10.5. The molecule has 1 aliphatic carbocycles. The monoisotopic (exact) mass is 245 g/mol. The van der Waals surface area contributed by atoms with Gasteiger partial charge < -0.3 is 10.0 Å². The summed E-state index contributed by atoms with van der Waals surface area (Å²) in [7, 11) is 0. The summed E-state index contributed by atoms with van der Waals surface area (Å²) in [6.45, 7) is 1.04. The van der Waals surface area contributed by atoms with Crippen molar-refractivity contribution in [2.45, 2.75) is 38.1 Å². The SMILES string of the molecule is O=C(O)CC1Cc2ccccc2N1CC1CCC1. The average Bonchev–Trinajstić information content (AvgIpc) is 2.60. The van der Waals surface area contributed by atoms with Crippen LogP contribution in [-0.4, -0.2) is 23.7 Å². The summed E-state index contributed by atoms with van der Waals surface area (Å²) in [5.41, 5.74) is 2.57.